The number of nitrogens with zero attached hydrogens (tertiary/aromatic N) is 5. The van der Waals surface area contributed by atoms with Crippen LogP contribution in [0.15, 0.2) is 30.5 Å². The fraction of sp³-hybridized carbons (Fsp3) is 0.452. The van der Waals surface area contributed by atoms with Gasteiger partial charge in [0.05, 0.1) is 18.0 Å². The third-order valence-corrected chi connectivity index (χ3v) is 8.16. The third-order valence-electron chi connectivity index (χ3n) is 8.16. The van der Waals surface area contributed by atoms with Crippen LogP contribution in [0.5, 0.6) is 5.75 Å². The molecule has 9 nitrogen and oxygen atoms in total. The lowest BCUT2D eigenvalue weighted by atomic mass is 9.76. The van der Waals surface area contributed by atoms with E-state index in [1.165, 1.54) is 5.56 Å². The van der Waals surface area contributed by atoms with E-state index < -0.39 is 11.9 Å². The number of aromatic nitrogens is 5. The number of hydrogen-bond acceptors (Lipinski definition) is 7. The smallest absolute Gasteiger partial charge is 0.306 e. The van der Waals surface area contributed by atoms with Gasteiger partial charge in [0.25, 0.3) is 0 Å². The molecule has 40 heavy (non-hydrogen) atoms. The average Bonchev–Trinajstić information content (AvgIpc) is 3.16. The molecule has 0 amide bonds. The minimum Gasteiger partial charge on any atom is -0.491 e. The van der Waals surface area contributed by atoms with E-state index in [4.69, 9.17) is 14.7 Å². The number of nitrogens with one attached hydrogen (secondary N) is 1. The number of ether oxygens (including phenoxy) is 1. The summed E-state index contributed by atoms with van der Waals surface area (Å²) in [4.78, 5) is 36.0. The molecule has 4 heterocycles. The number of carbonyl (C=O) groups is 1. The molecule has 0 saturated heterocycles. The van der Waals surface area contributed by atoms with Crippen LogP contribution in [0.4, 0.5) is 5.82 Å². The Kier molecular flexibility index (Phi) is 6.68. The van der Waals surface area contributed by atoms with Crippen LogP contribution < -0.4 is 9.64 Å². The second kappa shape index (κ2) is 10.2. The topological polar surface area (TPSA) is 117 Å². The van der Waals surface area contributed by atoms with E-state index in [9.17, 15) is 9.90 Å². The molecule has 2 N–H and O–H groups in total. The van der Waals surface area contributed by atoms with Crippen molar-refractivity contribution in [3.05, 3.63) is 58.9 Å². The molecule has 0 spiro atoms. The highest BCUT2D eigenvalue weighted by Crippen LogP contribution is 2.39. The van der Waals surface area contributed by atoms with Crippen molar-refractivity contribution in [2.24, 2.45) is 11.3 Å². The van der Waals surface area contributed by atoms with Gasteiger partial charge in [-0.15, -0.1) is 0 Å². The maximum Gasteiger partial charge on any atom is 0.306 e. The molecule has 2 aliphatic rings. The predicted octanol–water partition coefficient (Wildman–Crippen LogP) is 5.29. The summed E-state index contributed by atoms with van der Waals surface area (Å²) in [6.07, 6.45) is 5.83. The normalized spacial score (nSPS) is 17.1. The highest BCUT2D eigenvalue weighted by atomic mass is 16.5. The molecule has 1 aliphatic heterocycles. The summed E-state index contributed by atoms with van der Waals surface area (Å²) in [5, 5.41) is 9.38. The molecule has 1 atom stereocenters. The molecular weight excluding hydrogens is 504 g/mol. The maximum atomic E-state index is 11.4. The van der Waals surface area contributed by atoms with Crippen LogP contribution >= 0.6 is 0 Å². The minimum atomic E-state index is -0.783. The summed E-state index contributed by atoms with van der Waals surface area (Å²) in [6, 6.07) is 8.41. The molecule has 0 fully saturated rings. The molecule has 0 radical (unpaired) electrons. The van der Waals surface area contributed by atoms with Crippen molar-refractivity contribution in [1.29, 1.82) is 0 Å². The van der Waals surface area contributed by atoms with E-state index in [1.807, 2.05) is 19.2 Å². The van der Waals surface area contributed by atoms with Crippen molar-refractivity contribution in [3.8, 4) is 16.9 Å². The van der Waals surface area contributed by atoms with Gasteiger partial charge in [0.1, 0.15) is 29.8 Å². The summed E-state index contributed by atoms with van der Waals surface area (Å²) in [5.74, 6) is 2.21. The Hall–Kier alpha value is -4.01. The number of H-pyrrole nitrogens is 1. The molecule has 9 heteroatoms. The first-order valence-corrected chi connectivity index (χ1v) is 14.1. The number of aliphatic carboxylic acids is 1. The number of rotatable bonds is 6. The zero-order valence-electron chi connectivity index (χ0n) is 23.6. The quantitative estimate of drug-likeness (QED) is 0.339. The van der Waals surface area contributed by atoms with Gasteiger partial charge in [0.15, 0.2) is 5.65 Å². The number of aromatic amines is 1. The lowest BCUT2D eigenvalue weighted by molar-refractivity contribution is -0.141. The summed E-state index contributed by atoms with van der Waals surface area (Å²) < 4.78 is 6.20. The van der Waals surface area contributed by atoms with Crippen molar-refractivity contribution < 1.29 is 14.6 Å². The van der Waals surface area contributed by atoms with Crippen LogP contribution in [0, 0.1) is 18.3 Å². The Morgan fingerprint density at radius 1 is 1.20 bits per heavy atom. The Labute approximate surface area is 234 Å². The molecule has 1 aromatic carbocycles. The predicted molar refractivity (Wildman–Crippen MR) is 154 cm³/mol. The number of benzene rings is 1. The first-order valence-electron chi connectivity index (χ1n) is 14.1. The fourth-order valence-corrected chi connectivity index (χ4v) is 5.75. The molecule has 208 valence electrons. The van der Waals surface area contributed by atoms with Gasteiger partial charge < -0.3 is 19.7 Å². The second-order valence-electron chi connectivity index (χ2n) is 12.0. The molecule has 4 aromatic rings. The van der Waals surface area contributed by atoms with Crippen LogP contribution in [-0.4, -0.2) is 49.1 Å². The Morgan fingerprint density at radius 2 is 2.05 bits per heavy atom. The van der Waals surface area contributed by atoms with Crippen molar-refractivity contribution in [3.63, 3.8) is 0 Å². The molecule has 1 unspecified atom stereocenters. The molecule has 0 bridgehead atoms. The van der Waals surface area contributed by atoms with Crippen LogP contribution in [0.25, 0.3) is 22.3 Å². The van der Waals surface area contributed by atoms with Gasteiger partial charge in [-0.3, -0.25) is 4.79 Å². The van der Waals surface area contributed by atoms with E-state index in [2.05, 4.69) is 51.9 Å². The number of carboxylic acids is 1. The van der Waals surface area contributed by atoms with E-state index in [0.717, 1.165) is 76.0 Å². The van der Waals surface area contributed by atoms with Crippen LogP contribution in [0.3, 0.4) is 0 Å². The number of fused-ring (bicyclic) bond motifs is 3. The van der Waals surface area contributed by atoms with Gasteiger partial charge in [0, 0.05) is 41.5 Å². The summed E-state index contributed by atoms with van der Waals surface area (Å²) >= 11 is 0. The molecule has 3 aromatic heterocycles. The van der Waals surface area contributed by atoms with Gasteiger partial charge in [-0.2, -0.15) is 0 Å². The van der Waals surface area contributed by atoms with Gasteiger partial charge in [-0.1, -0.05) is 26.8 Å². The maximum absolute atomic E-state index is 11.4. The molecule has 6 rings (SSSR count). The van der Waals surface area contributed by atoms with Crippen molar-refractivity contribution in [2.75, 3.05) is 18.1 Å². The van der Waals surface area contributed by atoms with E-state index in [-0.39, 0.29) is 5.41 Å². The number of aryl methyl sites for hydroxylation is 3. The Bertz CT molecular complexity index is 1590. The Balaban J connectivity index is 1.35. The largest absolute Gasteiger partial charge is 0.491 e. The molecule has 0 saturated carbocycles. The van der Waals surface area contributed by atoms with Gasteiger partial charge in [0.2, 0.25) is 0 Å². The zero-order valence-corrected chi connectivity index (χ0v) is 23.6. The SMILES string of the molecule is Cc1nc2ncc(-c3ccc4c(c3)CN(c3nc(CCC(C)C(=O)O)nc5c3CC(C)(C)CC5)CCO4)cc2[nH]1. The first kappa shape index (κ1) is 26.2. The molecule has 1 aliphatic carbocycles. The monoisotopic (exact) mass is 540 g/mol. The van der Waals surface area contributed by atoms with Crippen molar-refractivity contribution in [2.45, 2.75) is 66.3 Å². The lowest BCUT2D eigenvalue weighted by Gasteiger charge is -2.34. The number of anilines is 1. The zero-order chi connectivity index (χ0) is 28.0. The number of pyridine rings is 1. The second-order valence-corrected chi connectivity index (χ2v) is 12.0. The highest BCUT2D eigenvalue weighted by Gasteiger charge is 2.32. The minimum absolute atomic E-state index is 0.175. The van der Waals surface area contributed by atoms with Crippen LogP contribution in [0.2, 0.25) is 0 Å². The van der Waals surface area contributed by atoms with Gasteiger partial charge >= 0.3 is 5.97 Å². The molecular formula is C31H36N6O3. The van der Waals surface area contributed by atoms with E-state index in [0.29, 0.717) is 32.5 Å². The first-order chi connectivity index (χ1) is 19.1. The van der Waals surface area contributed by atoms with Crippen molar-refractivity contribution in [1.82, 2.24) is 24.9 Å². The standard InChI is InChI=1S/C31H36N6O3/c1-18(30(38)39)5-8-27-35-24-9-10-31(3,4)15-23(24)29(36-27)37-11-12-40-26-7-6-20(13-22(26)17-37)21-14-25-28(32-16-21)34-19(2)33-25/h6-7,13-14,16,18H,5,8-12,15,17H2,1-4H3,(H,38,39)(H,32,33,34). The van der Waals surface area contributed by atoms with E-state index in [1.54, 1.807) is 6.92 Å². The average molecular weight is 541 g/mol. The Morgan fingerprint density at radius 3 is 2.88 bits per heavy atom. The summed E-state index contributed by atoms with van der Waals surface area (Å²) in [7, 11) is 0. The van der Waals surface area contributed by atoms with Crippen molar-refractivity contribution >= 4 is 23.0 Å². The highest BCUT2D eigenvalue weighted by molar-refractivity contribution is 5.78. The van der Waals surface area contributed by atoms with Crippen LogP contribution in [0.1, 0.15) is 62.1 Å². The number of imidazole rings is 1. The van der Waals surface area contributed by atoms with E-state index >= 15 is 0 Å². The summed E-state index contributed by atoms with van der Waals surface area (Å²) in [6.45, 7) is 10.2. The fourth-order valence-electron chi connectivity index (χ4n) is 5.75. The lowest BCUT2D eigenvalue weighted by Crippen LogP contribution is -2.32. The summed E-state index contributed by atoms with van der Waals surface area (Å²) in [5.41, 5.74) is 7.32. The van der Waals surface area contributed by atoms with Gasteiger partial charge in [-0.05, 0) is 61.8 Å². The van der Waals surface area contributed by atoms with Crippen LogP contribution in [-0.2, 0) is 30.6 Å². The third kappa shape index (κ3) is 5.24. The number of carboxylic acid groups (broad SMARTS) is 1. The van der Waals surface area contributed by atoms with Gasteiger partial charge in [-0.25, -0.2) is 19.9 Å². The number of hydrogen-bond donors (Lipinski definition) is 2.